The maximum atomic E-state index is 12.4. The molecule has 0 bridgehead atoms. The minimum absolute atomic E-state index is 0.169. The summed E-state index contributed by atoms with van der Waals surface area (Å²) in [7, 11) is 0. The summed E-state index contributed by atoms with van der Waals surface area (Å²) in [5.74, 6) is -0.355. The van der Waals surface area contributed by atoms with Crippen molar-refractivity contribution in [1.82, 2.24) is 5.43 Å². The number of nitrogens with one attached hydrogen (secondary N) is 1. The Balaban J connectivity index is 1.86. The fourth-order valence-electron chi connectivity index (χ4n) is 2.06. The summed E-state index contributed by atoms with van der Waals surface area (Å²) in [5, 5.41) is 6.35. The first kappa shape index (κ1) is 16.7. The van der Waals surface area contributed by atoms with E-state index in [0.717, 1.165) is 4.88 Å². The van der Waals surface area contributed by atoms with E-state index in [4.69, 9.17) is 27.6 Å². The Morgan fingerprint density at radius 2 is 2.12 bits per heavy atom. The SMILES string of the molecule is Cc1cc(C(=O)NN=Cc2coc3c(Cl)cc(Cl)cc3c2=O)cs1. The molecule has 0 aliphatic rings. The first-order valence-corrected chi connectivity index (χ1v) is 8.38. The van der Waals surface area contributed by atoms with Gasteiger partial charge in [0.25, 0.3) is 5.91 Å². The molecule has 122 valence electrons. The van der Waals surface area contributed by atoms with Crippen LogP contribution in [0.3, 0.4) is 0 Å². The average Bonchev–Trinajstić information content (AvgIpc) is 2.96. The molecule has 0 aliphatic heterocycles. The number of rotatable bonds is 3. The van der Waals surface area contributed by atoms with Gasteiger partial charge in [-0.05, 0) is 25.1 Å². The third-order valence-corrected chi connectivity index (χ3v) is 4.54. The first-order chi connectivity index (χ1) is 11.5. The number of thiophene rings is 1. The summed E-state index contributed by atoms with van der Waals surface area (Å²) in [5.41, 5.74) is 2.95. The summed E-state index contributed by atoms with van der Waals surface area (Å²) < 4.78 is 5.36. The fraction of sp³-hybridized carbons (Fsp3) is 0.0625. The fourth-order valence-corrected chi connectivity index (χ4v) is 3.28. The molecule has 8 heteroatoms. The molecule has 3 aromatic rings. The lowest BCUT2D eigenvalue weighted by molar-refractivity contribution is 0.0955. The molecule has 0 aliphatic carbocycles. The van der Waals surface area contributed by atoms with Crippen molar-refractivity contribution in [2.45, 2.75) is 6.92 Å². The predicted molar refractivity (Wildman–Crippen MR) is 96.6 cm³/mol. The van der Waals surface area contributed by atoms with Gasteiger partial charge in [0, 0.05) is 15.3 Å². The Hall–Kier alpha value is -2.15. The number of hydrogen-bond donors (Lipinski definition) is 1. The first-order valence-electron chi connectivity index (χ1n) is 6.75. The Kier molecular flexibility index (Phi) is 4.71. The van der Waals surface area contributed by atoms with Crippen LogP contribution in [0.4, 0.5) is 0 Å². The van der Waals surface area contributed by atoms with Crippen molar-refractivity contribution in [2.75, 3.05) is 0 Å². The van der Waals surface area contributed by atoms with Crippen molar-refractivity contribution in [1.29, 1.82) is 0 Å². The standard InChI is InChI=1S/C16H10Cl2N2O3S/c1-8-2-9(7-24-8)16(22)20-19-5-10-6-23-15-12(14(10)21)3-11(17)4-13(15)18/h2-7H,1H3,(H,20,22). The van der Waals surface area contributed by atoms with Crippen LogP contribution < -0.4 is 10.9 Å². The van der Waals surface area contributed by atoms with Crippen LogP contribution >= 0.6 is 34.5 Å². The highest BCUT2D eigenvalue weighted by Crippen LogP contribution is 2.26. The summed E-state index contributed by atoms with van der Waals surface area (Å²) >= 11 is 13.4. The Bertz CT molecular complexity index is 1020. The number of hydrogen-bond acceptors (Lipinski definition) is 5. The zero-order chi connectivity index (χ0) is 17.3. The van der Waals surface area contributed by atoms with Gasteiger partial charge in [0.05, 0.1) is 27.8 Å². The van der Waals surface area contributed by atoms with Gasteiger partial charge in [0.15, 0.2) is 5.58 Å². The molecular formula is C16H10Cl2N2O3S. The van der Waals surface area contributed by atoms with Gasteiger partial charge in [-0.1, -0.05) is 23.2 Å². The lowest BCUT2D eigenvalue weighted by Gasteiger charge is -2.01. The maximum absolute atomic E-state index is 12.4. The molecule has 0 atom stereocenters. The van der Waals surface area contributed by atoms with E-state index in [1.165, 1.54) is 35.9 Å². The van der Waals surface area contributed by atoms with Crippen LogP contribution in [0.2, 0.25) is 10.0 Å². The molecule has 0 fully saturated rings. The number of carbonyl (C=O) groups is 1. The molecule has 3 rings (SSSR count). The van der Waals surface area contributed by atoms with E-state index in [2.05, 4.69) is 10.5 Å². The van der Waals surface area contributed by atoms with Crippen molar-refractivity contribution in [3.05, 3.63) is 66.1 Å². The molecule has 0 spiro atoms. The minimum Gasteiger partial charge on any atom is -0.462 e. The summed E-state index contributed by atoms with van der Waals surface area (Å²) in [6.07, 6.45) is 2.45. The molecular weight excluding hydrogens is 371 g/mol. The van der Waals surface area contributed by atoms with Crippen molar-refractivity contribution in [3.63, 3.8) is 0 Å². The summed E-state index contributed by atoms with van der Waals surface area (Å²) in [6.45, 7) is 1.90. The topological polar surface area (TPSA) is 71.7 Å². The predicted octanol–water partition coefficient (Wildman–Crippen LogP) is 4.23. The number of nitrogens with zero attached hydrogens (tertiary/aromatic N) is 1. The maximum Gasteiger partial charge on any atom is 0.272 e. The third kappa shape index (κ3) is 3.36. The van der Waals surface area contributed by atoms with E-state index in [1.807, 2.05) is 6.92 Å². The second-order valence-corrected chi connectivity index (χ2v) is 6.89. The van der Waals surface area contributed by atoms with E-state index in [-0.39, 0.29) is 32.9 Å². The molecule has 0 unspecified atom stereocenters. The molecule has 0 radical (unpaired) electrons. The lowest BCUT2D eigenvalue weighted by atomic mass is 10.2. The van der Waals surface area contributed by atoms with Gasteiger partial charge in [0.1, 0.15) is 6.26 Å². The molecule has 1 amide bonds. The largest absolute Gasteiger partial charge is 0.462 e. The van der Waals surface area contributed by atoms with Gasteiger partial charge < -0.3 is 4.42 Å². The monoisotopic (exact) mass is 380 g/mol. The van der Waals surface area contributed by atoms with Crippen molar-refractivity contribution >= 4 is 57.6 Å². The number of aryl methyl sites for hydroxylation is 1. The van der Waals surface area contributed by atoms with Gasteiger partial charge in [-0.2, -0.15) is 5.10 Å². The van der Waals surface area contributed by atoms with Crippen LogP contribution in [0.1, 0.15) is 20.8 Å². The molecule has 2 aromatic heterocycles. The average molecular weight is 381 g/mol. The molecule has 0 saturated heterocycles. The quantitative estimate of drug-likeness (QED) is 0.545. The number of fused-ring (bicyclic) bond motifs is 1. The molecule has 2 heterocycles. The van der Waals surface area contributed by atoms with E-state index < -0.39 is 0 Å². The normalized spacial score (nSPS) is 11.3. The molecule has 24 heavy (non-hydrogen) atoms. The molecule has 1 N–H and O–H groups in total. The highest BCUT2D eigenvalue weighted by Gasteiger charge is 2.10. The van der Waals surface area contributed by atoms with Gasteiger partial charge in [0.2, 0.25) is 5.43 Å². The van der Waals surface area contributed by atoms with Crippen LogP contribution in [0.5, 0.6) is 0 Å². The van der Waals surface area contributed by atoms with E-state index >= 15 is 0 Å². The van der Waals surface area contributed by atoms with E-state index in [0.29, 0.717) is 10.6 Å². The second kappa shape index (κ2) is 6.76. The van der Waals surface area contributed by atoms with E-state index in [9.17, 15) is 9.59 Å². The smallest absolute Gasteiger partial charge is 0.272 e. The van der Waals surface area contributed by atoms with Gasteiger partial charge in [-0.3, -0.25) is 9.59 Å². The number of amides is 1. The highest BCUT2D eigenvalue weighted by atomic mass is 35.5. The minimum atomic E-state index is -0.355. The Morgan fingerprint density at radius 3 is 2.83 bits per heavy atom. The van der Waals surface area contributed by atoms with Crippen molar-refractivity contribution in [2.24, 2.45) is 5.10 Å². The highest BCUT2D eigenvalue weighted by molar-refractivity contribution is 7.10. The van der Waals surface area contributed by atoms with Gasteiger partial charge >= 0.3 is 0 Å². The number of carbonyl (C=O) groups excluding carboxylic acids is 1. The molecule has 1 aromatic carbocycles. The second-order valence-electron chi connectivity index (χ2n) is 4.93. The third-order valence-electron chi connectivity index (χ3n) is 3.18. The van der Waals surface area contributed by atoms with Crippen LogP contribution in [0.15, 0.2) is 44.2 Å². The van der Waals surface area contributed by atoms with Crippen LogP contribution in [-0.4, -0.2) is 12.1 Å². The van der Waals surface area contributed by atoms with E-state index in [1.54, 1.807) is 11.4 Å². The van der Waals surface area contributed by atoms with Gasteiger partial charge in [-0.15, -0.1) is 11.3 Å². The number of benzene rings is 1. The zero-order valence-corrected chi connectivity index (χ0v) is 14.6. The Labute approximate surface area is 150 Å². The van der Waals surface area contributed by atoms with Crippen LogP contribution in [0.25, 0.3) is 11.0 Å². The van der Waals surface area contributed by atoms with Crippen molar-refractivity contribution < 1.29 is 9.21 Å². The Morgan fingerprint density at radius 1 is 1.33 bits per heavy atom. The van der Waals surface area contributed by atoms with Gasteiger partial charge in [-0.25, -0.2) is 5.43 Å². The molecule has 0 saturated carbocycles. The number of hydrazone groups is 1. The summed E-state index contributed by atoms with van der Waals surface area (Å²) in [4.78, 5) is 25.3. The zero-order valence-electron chi connectivity index (χ0n) is 12.3. The van der Waals surface area contributed by atoms with Crippen LogP contribution in [-0.2, 0) is 0 Å². The van der Waals surface area contributed by atoms with Crippen LogP contribution in [0, 0.1) is 6.92 Å². The number of halogens is 2. The lowest BCUT2D eigenvalue weighted by Crippen LogP contribution is -2.18. The molecule has 5 nitrogen and oxygen atoms in total. The van der Waals surface area contributed by atoms with Crippen molar-refractivity contribution in [3.8, 4) is 0 Å². The summed E-state index contributed by atoms with van der Waals surface area (Å²) in [6, 6.07) is 4.72.